The van der Waals surface area contributed by atoms with Crippen LogP contribution in [0.2, 0.25) is 0 Å². The Bertz CT molecular complexity index is 181. The van der Waals surface area contributed by atoms with Gasteiger partial charge in [0.1, 0.15) is 0 Å². The van der Waals surface area contributed by atoms with Crippen molar-refractivity contribution in [3.63, 3.8) is 0 Å². The van der Waals surface area contributed by atoms with Crippen molar-refractivity contribution in [1.29, 1.82) is 0 Å². The number of nitrogens with two attached hydrogens (primary N) is 1. The van der Waals surface area contributed by atoms with Crippen LogP contribution in [0.4, 0.5) is 0 Å². The molecule has 0 spiro atoms. The van der Waals surface area contributed by atoms with Crippen LogP contribution in [0, 0.1) is 0 Å². The first-order valence-electron chi connectivity index (χ1n) is 5.44. The fraction of sp³-hybridized carbons (Fsp3) is 1.00. The van der Waals surface area contributed by atoms with Crippen molar-refractivity contribution in [2.45, 2.75) is 44.8 Å². The van der Waals surface area contributed by atoms with Crippen molar-refractivity contribution in [3.8, 4) is 0 Å². The molecule has 1 heterocycles. The zero-order valence-corrected chi connectivity index (χ0v) is 9.72. The largest absolute Gasteiger partial charge is 0.377 e. The van der Waals surface area contributed by atoms with E-state index in [0.29, 0.717) is 11.5 Å². The van der Waals surface area contributed by atoms with Crippen molar-refractivity contribution in [1.82, 2.24) is 0 Å². The predicted molar refractivity (Wildman–Crippen MR) is 59.7 cm³/mol. The molecule has 0 aliphatic carbocycles. The van der Waals surface area contributed by atoms with Gasteiger partial charge in [-0.3, -0.25) is 4.21 Å². The second kappa shape index (κ2) is 6.53. The smallest absolute Gasteiger partial charge is 0.0691 e. The number of hydrogen-bond donors (Lipinski definition) is 1. The molecule has 1 rings (SSSR count). The molecule has 14 heavy (non-hydrogen) atoms. The highest BCUT2D eigenvalue weighted by atomic mass is 32.2. The number of rotatable bonds is 6. The lowest BCUT2D eigenvalue weighted by Crippen LogP contribution is -2.30. The number of hydrogen-bond acceptors (Lipinski definition) is 3. The molecule has 0 saturated carbocycles. The Kier molecular flexibility index (Phi) is 5.67. The molecule has 0 amide bonds. The monoisotopic (exact) mass is 219 g/mol. The zero-order chi connectivity index (χ0) is 10.4. The first-order valence-corrected chi connectivity index (χ1v) is 6.93. The van der Waals surface area contributed by atoms with Gasteiger partial charge in [0.2, 0.25) is 0 Å². The van der Waals surface area contributed by atoms with Gasteiger partial charge < -0.3 is 10.5 Å². The Morgan fingerprint density at radius 2 is 2.43 bits per heavy atom. The van der Waals surface area contributed by atoms with E-state index in [0.717, 1.165) is 32.3 Å². The van der Waals surface area contributed by atoms with Crippen LogP contribution in [-0.4, -0.2) is 34.5 Å². The molecular weight excluding hydrogens is 198 g/mol. The summed E-state index contributed by atoms with van der Waals surface area (Å²) in [6, 6.07) is 0.0993. The minimum atomic E-state index is -0.791. The Balaban J connectivity index is 2.14. The lowest BCUT2D eigenvalue weighted by molar-refractivity contribution is 0.128. The Hall–Kier alpha value is 0.0700. The van der Waals surface area contributed by atoms with E-state index in [4.69, 9.17) is 10.5 Å². The van der Waals surface area contributed by atoms with Crippen LogP contribution in [0.1, 0.15) is 32.6 Å². The molecule has 3 atom stereocenters. The fourth-order valence-corrected chi connectivity index (χ4v) is 3.20. The van der Waals surface area contributed by atoms with Gasteiger partial charge in [0.05, 0.1) is 6.10 Å². The molecule has 3 nitrogen and oxygen atoms in total. The summed E-state index contributed by atoms with van der Waals surface area (Å²) in [4.78, 5) is 0. The van der Waals surface area contributed by atoms with Gasteiger partial charge in [-0.25, -0.2) is 0 Å². The predicted octanol–water partition coefficient (Wildman–Crippen LogP) is 1.04. The summed E-state index contributed by atoms with van der Waals surface area (Å²) in [5, 5.41) is 0. The van der Waals surface area contributed by atoms with E-state index in [9.17, 15) is 4.21 Å². The van der Waals surface area contributed by atoms with Gasteiger partial charge in [0.15, 0.2) is 0 Å². The third kappa shape index (κ3) is 4.53. The van der Waals surface area contributed by atoms with Gasteiger partial charge >= 0.3 is 0 Å². The van der Waals surface area contributed by atoms with Crippen molar-refractivity contribution >= 4 is 10.8 Å². The molecular formula is C10H21NO2S. The maximum Gasteiger partial charge on any atom is 0.0691 e. The topological polar surface area (TPSA) is 52.3 Å². The van der Waals surface area contributed by atoms with Gasteiger partial charge in [0, 0.05) is 35.0 Å². The van der Waals surface area contributed by atoms with E-state index in [1.165, 1.54) is 0 Å². The van der Waals surface area contributed by atoms with E-state index in [-0.39, 0.29) is 12.1 Å². The molecule has 0 aromatic heterocycles. The molecule has 2 N–H and O–H groups in total. The Morgan fingerprint density at radius 3 is 3.00 bits per heavy atom. The van der Waals surface area contributed by atoms with Crippen LogP contribution < -0.4 is 5.73 Å². The molecule has 1 aliphatic rings. The molecule has 0 bridgehead atoms. The minimum Gasteiger partial charge on any atom is -0.377 e. The highest BCUT2D eigenvalue weighted by Crippen LogP contribution is 2.13. The van der Waals surface area contributed by atoms with E-state index < -0.39 is 10.8 Å². The van der Waals surface area contributed by atoms with Gasteiger partial charge in [-0.15, -0.1) is 0 Å². The molecule has 84 valence electrons. The average molecular weight is 219 g/mol. The van der Waals surface area contributed by atoms with Crippen LogP contribution in [0.3, 0.4) is 0 Å². The van der Waals surface area contributed by atoms with E-state index in [2.05, 4.69) is 6.92 Å². The van der Waals surface area contributed by atoms with Crippen molar-refractivity contribution < 1.29 is 8.95 Å². The SMILES string of the molecule is CCCC(N)CS(=O)CC1CCCO1. The summed E-state index contributed by atoms with van der Waals surface area (Å²) in [6.07, 6.45) is 4.44. The quantitative estimate of drug-likeness (QED) is 0.726. The first kappa shape index (κ1) is 12.1. The highest BCUT2D eigenvalue weighted by molar-refractivity contribution is 7.85. The standard InChI is InChI=1S/C10H21NO2S/c1-2-4-9(11)7-14(12)8-10-5-3-6-13-10/h9-10H,2-8,11H2,1H3. The van der Waals surface area contributed by atoms with Crippen molar-refractivity contribution in [2.24, 2.45) is 5.73 Å². The van der Waals surface area contributed by atoms with Gasteiger partial charge in [-0.1, -0.05) is 13.3 Å². The Labute approximate surface area is 88.8 Å². The minimum absolute atomic E-state index is 0.0993. The molecule has 1 saturated heterocycles. The molecule has 0 radical (unpaired) electrons. The van der Waals surface area contributed by atoms with E-state index in [1.807, 2.05) is 0 Å². The number of ether oxygens (including phenoxy) is 1. The molecule has 1 aliphatic heterocycles. The fourth-order valence-electron chi connectivity index (χ4n) is 1.74. The van der Waals surface area contributed by atoms with Crippen LogP contribution in [0.5, 0.6) is 0 Å². The first-order chi connectivity index (χ1) is 6.72. The summed E-state index contributed by atoms with van der Waals surface area (Å²) in [6.45, 7) is 2.94. The summed E-state index contributed by atoms with van der Waals surface area (Å²) in [5.41, 5.74) is 5.83. The van der Waals surface area contributed by atoms with Gasteiger partial charge in [-0.05, 0) is 19.3 Å². The molecule has 0 aromatic rings. The summed E-state index contributed by atoms with van der Waals surface area (Å²) in [7, 11) is -0.791. The lowest BCUT2D eigenvalue weighted by atomic mass is 10.2. The Morgan fingerprint density at radius 1 is 1.64 bits per heavy atom. The molecule has 4 heteroatoms. The third-order valence-corrected chi connectivity index (χ3v) is 4.00. The third-order valence-electron chi connectivity index (χ3n) is 2.46. The normalized spacial score (nSPS) is 26.3. The summed E-state index contributed by atoms with van der Waals surface area (Å²) in [5.74, 6) is 1.31. The van der Waals surface area contributed by atoms with E-state index >= 15 is 0 Å². The van der Waals surface area contributed by atoms with Crippen molar-refractivity contribution in [2.75, 3.05) is 18.1 Å². The van der Waals surface area contributed by atoms with Gasteiger partial charge in [0.25, 0.3) is 0 Å². The summed E-state index contributed by atoms with van der Waals surface area (Å²) >= 11 is 0. The van der Waals surface area contributed by atoms with Crippen LogP contribution in [0.15, 0.2) is 0 Å². The van der Waals surface area contributed by atoms with E-state index in [1.54, 1.807) is 0 Å². The molecule has 3 unspecified atom stereocenters. The van der Waals surface area contributed by atoms with Crippen LogP contribution in [0.25, 0.3) is 0 Å². The summed E-state index contributed by atoms with van der Waals surface area (Å²) < 4.78 is 17.1. The second-order valence-electron chi connectivity index (χ2n) is 3.96. The van der Waals surface area contributed by atoms with Crippen molar-refractivity contribution in [3.05, 3.63) is 0 Å². The highest BCUT2D eigenvalue weighted by Gasteiger charge is 2.19. The molecule has 0 aromatic carbocycles. The lowest BCUT2D eigenvalue weighted by Gasteiger charge is -2.12. The van der Waals surface area contributed by atoms with Crippen LogP contribution >= 0.6 is 0 Å². The maximum atomic E-state index is 11.6. The van der Waals surface area contributed by atoms with Gasteiger partial charge in [-0.2, -0.15) is 0 Å². The molecule has 1 fully saturated rings. The zero-order valence-electron chi connectivity index (χ0n) is 8.91. The second-order valence-corrected chi connectivity index (χ2v) is 5.50. The average Bonchev–Trinajstić information content (AvgIpc) is 2.56. The van der Waals surface area contributed by atoms with Crippen LogP contribution in [-0.2, 0) is 15.5 Å². The maximum absolute atomic E-state index is 11.6.